The number of amides is 2. The van der Waals surface area contributed by atoms with Crippen molar-refractivity contribution in [1.29, 1.82) is 0 Å². The van der Waals surface area contributed by atoms with E-state index in [0.717, 1.165) is 11.1 Å². The Hall–Kier alpha value is -2.82. The molecular weight excluding hydrogens is 292 g/mol. The van der Waals surface area contributed by atoms with Crippen molar-refractivity contribution in [2.24, 2.45) is 0 Å². The molecule has 0 aliphatic carbocycles. The van der Waals surface area contributed by atoms with Gasteiger partial charge in [-0.3, -0.25) is 4.79 Å². The van der Waals surface area contributed by atoms with Gasteiger partial charge in [-0.1, -0.05) is 60.7 Å². The number of hydrogen-bond acceptors (Lipinski definition) is 3. The molecule has 0 unspecified atom stereocenters. The molecule has 0 saturated carbocycles. The highest BCUT2D eigenvalue weighted by Crippen LogP contribution is 2.04. The Bertz CT molecular complexity index is 602. The Labute approximate surface area is 135 Å². The van der Waals surface area contributed by atoms with Gasteiger partial charge in [0, 0.05) is 6.54 Å². The Kier molecular flexibility index (Phi) is 6.65. The summed E-state index contributed by atoms with van der Waals surface area (Å²) in [4.78, 5) is 22.4. The summed E-state index contributed by atoms with van der Waals surface area (Å²) in [6.45, 7) is 0.560. The smallest absolute Gasteiger partial charge is 0.407 e. The van der Waals surface area contributed by atoms with Crippen LogP contribution < -0.4 is 10.6 Å². The van der Waals surface area contributed by atoms with Crippen molar-refractivity contribution in [3.05, 3.63) is 71.8 Å². The summed E-state index contributed by atoms with van der Waals surface area (Å²) in [6.07, 6.45) is 0.736. The van der Waals surface area contributed by atoms with Crippen molar-refractivity contribution in [3.63, 3.8) is 0 Å². The highest BCUT2D eigenvalue weighted by Gasteiger charge is 2.13. The van der Waals surface area contributed by atoms with Gasteiger partial charge in [-0.15, -0.1) is 0 Å². The van der Waals surface area contributed by atoms with Crippen LogP contribution >= 0.6 is 0 Å². The molecule has 5 nitrogen and oxygen atoms in total. The van der Waals surface area contributed by atoms with Gasteiger partial charge in [-0.25, -0.2) is 4.79 Å². The lowest BCUT2D eigenvalue weighted by Gasteiger charge is -2.18. The van der Waals surface area contributed by atoms with E-state index in [2.05, 4.69) is 10.6 Å². The van der Waals surface area contributed by atoms with Crippen molar-refractivity contribution in [1.82, 2.24) is 10.6 Å². The van der Waals surface area contributed by atoms with Gasteiger partial charge in [-0.05, 0) is 17.5 Å². The molecule has 120 valence electrons. The molecule has 2 rings (SSSR count). The lowest BCUT2D eigenvalue weighted by Crippen LogP contribution is -2.43. The minimum Gasteiger partial charge on any atom is -0.445 e. The van der Waals surface area contributed by atoms with Crippen molar-refractivity contribution in [2.75, 3.05) is 6.54 Å². The zero-order valence-corrected chi connectivity index (χ0v) is 12.8. The lowest BCUT2D eigenvalue weighted by molar-refractivity contribution is -0.109. The molecule has 0 radical (unpaired) electrons. The summed E-state index contributed by atoms with van der Waals surface area (Å²) in [7, 11) is 0. The summed E-state index contributed by atoms with van der Waals surface area (Å²) in [5.41, 5.74) is 2.00. The van der Waals surface area contributed by atoms with E-state index in [1.807, 2.05) is 60.7 Å². The summed E-state index contributed by atoms with van der Waals surface area (Å²) in [5, 5.41) is 5.38. The first-order valence-corrected chi connectivity index (χ1v) is 7.46. The van der Waals surface area contributed by atoms with Crippen LogP contribution in [0.15, 0.2) is 60.7 Å². The van der Waals surface area contributed by atoms with Crippen LogP contribution in [0.4, 0.5) is 4.79 Å². The monoisotopic (exact) mass is 312 g/mol. The number of rotatable bonds is 8. The summed E-state index contributed by atoms with van der Waals surface area (Å²) >= 11 is 0. The van der Waals surface area contributed by atoms with Crippen LogP contribution in [0.3, 0.4) is 0 Å². The summed E-state index contributed by atoms with van der Waals surface area (Å²) in [5.74, 6) is 0. The van der Waals surface area contributed by atoms with E-state index >= 15 is 0 Å². The molecular formula is C18H20N2O3. The van der Waals surface area contributed by atoms with Crippen LogP contribution in [-0.2, 0) is 22.6 Å². The predicted octanol–water partition coefficient (Wildman–Crippen LogP) is 2.27. The normalized spacial score (nSPS) is 11.3. The highest BCUT2D eigenvalue weighted by molar-refractivity contribution is 5.67. The van der Waals surface area contributed by atoms with Gasteiger partial charge in [0.2, 0.25) is 6.41 Å². The topological polar surface area (TPSA) is 67.4 Å². The maximum absolute atomic E-state index is 11.9. The fourth-order valence-electron chi connectivity index (χ4n) is 2.19. The molecule has 2 aromatic rings. The maximum Gasteiger partial charge on any atom is 0.407 e. The largest absolute Gasteiger partial charge is 0.445 e. The van der Waals surface area contributed by atoms with Crippen molar-refractivity contribution in [2.45, 2.75) is 19.1 Å². The number of carbonyl (C=O) groups excluding carboxylic acids is 2. The molecule has 0 bridgehead atoms. The molecule has 2 amide bonds. The van der Waals surface area contributed by atoms with Crippen LogP contribution in [0.2, 0.25) is 0 Å². The Morgan fingerprint density at radius 2 is 1.61 bits per heavy atom. The van der Waals surface area contributed by atoms with E-state index < -0.39 is 6.09 Å². The molecule has 0 spiro atoms. The molecule has 0 fully saturated rings. The zero-order valence-electron chi connectivity index (χ0n) is 12.8. The van der Waals surface area contributed by atoms with Crippen LogP contribution in [0, 0.1) is 0 Å². The molecule has 1 atom stereocenters. The first-order valence-electron chi connectivity index (χ1n) is 7.46. The van der Waals surface area contributed by atoms with Gasteiger partial charge < -0.3 is 15.4 Å². The fourth-order valence-corrected chi connectivity index (χ4v) is 2.19. The number of carbonyl (C=O) groups is 2. The average molecular weight is 312 g/mol. The number of benzene rings is 2. The van der Waals surface area contributed by atoms with Crippen LogP contribution in [0.1, 0.15) is 11.1 Å². The van der Waals surface area contributed by atoms with Gasteiger partial charge in [0.25, 0.3) is 0 Å². The molecule has 0 heterocycles. The molecule has 2 N–H and O–H groups in total. The zero-order chi connectivity index (χ0) is 16.3. The molecule has 2 aromatic carbocycles. The number of ether oxygens (including phenoxy) is 1. The second kappa shape index (κ2) is 9.25. The molecule has 5 heteroatoms. The SMILES string of the molecule is O=CNC[C@H](Cc1ccccc1)NC(=O)OCc1ccccc1. The van der Waals surface area contributed by atoms with Gasteiger partial charge in [-0.2, -0.15) is 0 Å². The highest BCUT2D eigenvalue weighted by atomic mass is 16.5. The van der Waals surface area contributed by atoms with Crippen molar-refractivity contribution >= 4 is 12.5 Å². The van der Waals surface area contributed by atoms with Crippen LogP contribution in [0.5, 0.6) is 0 Å². The van der Waals surface area contributed by atoms with Gasteiger partial charge >= 0.3 is 6.09 Å². The molecule has 0 aliphatic heterocycles. The minimum atomic E-state index is -0.498. The first kappa shape index (κ1) is 16.5. The van der Waals surface area contributed by atoms with Crippen LogP contribution in [0.25, 0.3) is 0 Å². The molecule has 0 aliphatic rings. The summed E-state index contributed by atoms with van der Waals surface area (Å²) in [6, 6.07) is 19.0. The molecule has 0 aromatic heterocycles. The van der Waals surface area contributed by atoms with E-state index in [1.54, 1.807) is 0 Å². The van der Waals surface area contributed by atoms with E-state index in [0.29, 0.717) is 19.4 Å². The first-order chi connectivity index (χ1) is 11.3. The number of hydrogen-bond donors (Lipinski definition) is 2. The third-order valence-electron chi connectivity index (χ3n) is 3.31. The third-order valence-corrected chi connectivity index (χ3v) is 3.31. The Morgan fingerprint density at radius 3 is 2.22 bits per heavy atom. The van der Waals surface area contributed by atoms with E-state index in [-0.39, 0.29) is 12.6 Å². The van der Waals surface area contributed by atoms with E-state index in [4.69, 9.17) is 4.74 Å². The minimum absolute atomic E-state index is 0.214. The molecule has 23 heavy (non-hydrogen) atoms. The van der Waals surface area contributed by atoms with Crippen LogP contribution in [-0.4, -0.2) is 25.1 Å². The molecule has 0 saturated heterocycles. The Morgan fingerprint density at radius 1 is 1.00 bits per heavy atom. The van der Waals surface area contributed by atoms with Gasteiger partial charge in [0.05, 0.1) is 6.04 Å². The van der Waals surface area contributed by atoms with Gasteiger partial charge in [0.15, 0.2) is 0 Å². The Balaban J connectivity index is 1.86. The third kappa shape index (κ3) is 6.22. The van der Waals surface area contributed by atoms with Crippen molar-refractivity contribution in [3.8, 4) is 0 Å². The maximum atomic E-state index is 11.9. The van der Waals surface area contributed by atoms with Gasteiger partial charge in [0.1, 0.15) is 6.61 Å². The fraction of sp³-hybridized carbons (Fsp3) is 0.222. The van der Waals surface area contributed by atoms with E-state index in [1.165, 1.54) is 0 Å². The number of alkyl carbamates (subject to hydrolysis) is 1. The predicted molar refractivity (Wildman–Crippen MR) is 87.8 cm³/mol. The quantitative estimate of drug-likeness (QED) is 0.735. The van der Waals surface area contributed by atoms with Crippen molar-refractivity contribution < 1.29 is 14.3 Å². The summed E-state index contributed by atoms with van der Waals surface area (Å²) < 4.78 is 5.21. The second-order valence-electron chi connectivity index (χ2n) is 5.12. The lowest BCUT2D eigenvalue weighted by atomic mass is 10.1. The second-order valence-corrected chi connectivity index (χ2v) is 5.12. The average Bonchev–Trinajstić information content (AvgIpc) is 2.60. The van der Waals surface area contributed by atoms with E-state index in [9.17, 15) is 9.59 Å². The number of nitrogens with one attached hydrogen (secondary N) is 2. The standard InChI is InChI=1S/C18H20N2O3/c21-14-19-12-17(11-15-7-3-1-4-8-15)20-18(22)23-13-16-9-5-2-6-10-16/h1-10,14,17H,11-13H2,(H,19,21)(H,20,22)/t17-/m0/s1.